The molecule has 0 bridgehead atoms. The van der Waals surface area contributed by atoms with Crippen LogP contribution in [0, 0.1) is 13.8 Å². The van der Waals surface area contributed by atoms with Crippen LogP contribution in [0.15, 0.2) is 22.3 Å². The standard InChI is InChI=1S/C22H28N4O3S3/c1-13-14(2)32-22-19(13)21(28)24-18(25-22)12-31-15(3)20(27)23-11-16(17-5-4-10-30-17)26-6-8-29-9-7-26/h4-5,10,15-16H,6-9,11-12H2,1-3H3,(H,23,27)(H,24,25,28)/t15-,16+/m1/s1. The van der Waals surface area contributed by atoms with E-state index < -0.39 is 0 Å². The second-order valence-electron chi connectivity index (χ2n) is 7.85. The van der Waals surface area contributed by atoms with Gasteiger partial charge in [0.1, 0.15) is 10.7 Å². The topological polar surface area (TPSA) is 87.3 Å². The van der Waals surface area contributed by atoms with Crippen molar-refractivity contribution in [2.24, 2.45) is 0 Å². The Morgan fingerprint density at radius 3 is 2.88 bits per heavy atom. The molecule has 0 aromatic carbocycles. The van der Waals surface area contributed by atoms with Crippen molar-refractivity contribution >= 4 is 50.6 Å². The van der Waals surface area contributed by atoms with Crippen molar-refractivity contribution in [3.05, 3.63) is 49.0 Å². The predicted molar refractivity (Wildman–Crippen MR) is 133 cm³/mol. The van der Waals surface area contributed by atoms with E-state index in [1.54, 1.807) is 11.3 Å². The monoisotopic (exact) mass is 492 g/mol. The Balaban J connectivity index is 1.35. The molecule has 172 valence electrons. The second-order valence-corrected chi connectivity index (χ2v) is 11.4. The highest BCUT2D eigenvalue weighted by Gasteiger charge is 2.25. The van der Waals surface area contributed by atoms with Crippen molar-refractivity contribution in [3.8, 4) is 0 Å². The zero-order valence-electron chi connectivity index (χ0n) is 18.5. The van der Waals surface area contributed by atoms with E-state index in [1.807, 2.05) is 20.8 Å². The van der Waals surface area contributed by atoms with Crippen LogP contribution in [-0.4, -0.2) is 58.9 Å². The average Bonchev–Trinajstić information content (AvgIpc) is 3.41. The number of aryl methyl sites for hydroxylation is 2. The first-order valence-electron chi connectivity index (χ1n) is 10.7. The summed E-state index contributed by atoms with van der Waals surface area (Å²) in [6.07, 6.45) is 0. The molecule has 32 heavy (non-hydrogen) atoms. The first kappa shape index (κ1) is 23.4. The maximum atomic E-state index is 12.8. The van der Waals surface area contributed by atoms with E-state index in [9.17, 15) is 9.59 Å². The third kappa shape index (κ3) is 5.26. The van der Waals surface area contributed by atoms with Crippen molar-refractivity contribution in [3.63, 3.8) is 0 Å². The normalized spacial score (nSPS) is 16.8. The molecule has 1 amide bonds. The molecule has 3 aromatic heterocycles. The molecule has 0 radical (unpaired) electrons. The SMILES string of the molecule is Cc1sc2nc(CS[C@H](C)C(=O)NC[C@@H](c3cccs3)N3CCOCC3)[nH]c(=O)c2c1C. The zero-order chi connectivity index (χ0) is 22.7. The lowest BCUT2D eigenvalue weighted by Crippen LogP contribution is -2.44. The predicted octanol–water partition coefficient (Wildman–Crippen LogP) is 3.47. The van der Waals surface area contributed by atoms with Crippen LogP contribution in [0.4, 0.5) is 0 Å². The van der Waals surface area contributed by atoms with Gasteiger partial charge in [-0.3, -0.25) is 14.5 Å². The van der Waals surface area contributed by atoms with E-state index in [2.05, 4.69) is 37.7 Å². The van der Waals surface area contributed by atoms with E-state index in [0.29, 0.717) is 23.5 Å². The number of ether oxygens (including phenoxy) is 1. The van der Waals surface area contributed by atoms with Gasteiger partial charge in [0.2, 0.25) is 5.91 Å². The number of hydrogen-bond donors (Lipinski definition) is 2. The number of morpholine rings is 1. The Hall–Kier alpha value is -1.72. The lowest BCUT2D eigenvalue weighted by molar-refractivity contribution is -0.120. The number of aromatic amines is 1. The van der Waals surface area contributed by atoms with Gasteiger partial charge in [-0.15, -0.1) is 34.4 Å². The quantitative estimate of drug-likeness (QED) is 0.501. The number of nitrogens with one attached hydrogen (secondary N) is 2. The number of thiophene rings is 2. The summed E-state index contributed by atoms with van der Waals surface area (Å²) in [7, 11) is 0. The fourth-order valence-corrected chi connectivity index (χ4v) is 6.46. The molecule has 1 aliphatic heterocycles. The van der Waals surface area contributed by atoms with Gasteiger partial charge in [0.25, 0.3) is 5.56 Å². The molecule has 1 saturated heterocycles. The number of thioether (sulfide) groups is 1. The highest BCUT2D eigenvalue weighted by Crippen LogP contribution is 2.27. The average molecular weight is 493 g/mol. The molecule has 1 aliphatic rings. The highest BCUT2D eigenvalue weighted by molar-refractivity contribution is 7.99. The van der Waals surface area contributed by atoms with E-state index in [-0.39, 0.29) is 22.8 Å². The number of hydrogen-bond acceptors (Lipinski definition) is 8. The zero-order valence-corrected chi connectivity index (χ0v) is 20.9. The molecular formula is C22H28N4O3S3. The van der Waals surface area contributed by atoms with Gasteiger partial charge in [-0.05, 0) is 37.8 Å². The van der Waals surface area contributed by atoms with Gasteiger partial charge in [0.05, 0.1) is 35.6 Å². The molecule has 3 aromatic rings. The lowest BCUT2D eigenvalue weighted by Gasteiger charge is -2.34. The molecule has 10 heteroatoms. The van der Waals surface area contributed by atoms with Gasteiger partial charge in [-0.2, -0.15) is 0 Å². The second kappa shape index (κ2) is 10.5. The Kier molecular flexibility index (Phi) is 7.67. The van der Waals surface area contributed by atoms with Crippen LogP contribution in [0.5, 0.6) is 0 Å². The largest absolute Gasteiger partial charge is 0.379 e. The summed E-state index contributed by atoms with van der Waals surface area (Å²) in [5.41, 5.74) is 0.889. The van der Waals surface area contributed by atoms with Crippen LogP contribution in [0.2, 0.25) is 0 Å². The van der Waals surface area contributed by atoms with Gasteiger partial charge in [0, 0.05) is 29.4 Å². The maximum Gasteiger partial charge on any atom is 0.259 e. The molecule has 0 spiro atoms. The molecule has 2 atom stereocenters. The summed E-state index contributed by atoms with van der Waals surface area (Å²) in [4.78, 5) is 38.2. The molecule has 1 fully saturated rings. The van der Waals surface area contributed by atoms with Crippen molar-refractivity contribution in [2.75, 3.05) is 32.8 Å². The van der Waals surface area contributed by atoms with Gasteiger partial charge < -0.3 is 15.0 Å². The van der Waals surface area contributed by atoms with Gasteiger partial charge in [0.15, 0.2) is 0 Å². The fraction of sp³-hybridized carbons (Fsp3) is 0.500. The molecule has 4 heterocycles. The summed E-state index contributed by atoms with van der Waals surface area (Å²) in [5.74, 6) is 1.09. The number of nitrogens with zero attached hydrogens (tertiary/aromatic N) is 2. The van der Waals surface area contributed by atoms with Crippen LogP contribution in [-0.2, 0) is 15.3 Å². The first-order chi connectivity index (χ1) is 15.4. The lowest BCUT2D eigenvalue weighted by atomic mass is 10.2. The molecular weight excluding hydrogens is 464 g/mol. The summed E-state index contributed by atoms with van der Waals surface area (Å²) in [6, 6.07) is 4.33. The molecule has 0 unspecified atom stereocenters. The number of carbonyl (C=O) groups excluding carboxylic acids is 1. The smallest absolute Gasteiger partial charge is 0.259 e. The maximum absolute atomic E-state index is 12.8. The molecule has 0 saturated carbocycles. The third-order valence-corrected chi connectivity index (χ3v) is 8.98. The minimum atomic E-state index is -0.253. The van der Waals surface area contributed by atoms with Crippen LogP contribution in [0.1, 0.15) is 34.1 Å². The summed E-state index contributed by atoms with van der Waals surface area (Å²) in [6.45, 7) is 9.60. The molecule has 0 aliphatic carbocycles. The Bertz CT molecular complexity index is 1120. The molecule has 2 N–H and O–H groups in total. The number of rotatable bonds is 8. The minimum absolute atomic E-state index is 0.00365. The van der Waals surface area contributed by atoms with Crippen molar-refractivity contribution < 1.29 is 9.53 Å². The van der Waals surface area contributed by atoms with Gasteiger partial charge in [-0.25, -0.2) is 4.98 Å². The van der Waals surface area contributed by atoms with Gasteiger partial charge >= 0.3 is 0 Å². The van der Waals surface area contributed by atoms with Crippen LogP contribution >= 0.6 is 34.4 Å². The first-order valence-corrected chi connectivity index (χ1v) is 13.4. The van der Waals surface area contributed by atoms with Crippen LogP contribution in [0.3, 0.4) is 0 Å². The minimum Gasteiger partial charge on any atom is -0.379 e. The van der Waals surface area contributed by atoms with Crippen LogP contribution < -0.4 is 10.9 Å². The van der Waals surface area contributed by atoms with E-state index in [4.69, 9.17) is 4.74 Å². The third-order valence-electron chi connectivity index (χ3n) is 5.76. The Morgan fingerprint density at radius 2 is 2.16 bits per heavy atom. The highest BCUT2D eigenvalue weighted by atomic mass is 32.2. The van der Waals surface area contributed by atoms with Crippen LogP contribution in [0.25, 0.3) is 10.2 Å². The van der Waals surface area contributed by atoms with E-state index >= 15 is 0 Å². The number of H-pyrrole nitrogens is 1. The Labute approximate surface area is 199 Å². The number of fused-ring (bicyclic) bond motifs is 1. The number of aromatic nitrogens is 2. The van der Waals surface area contributed by atoms with Crippen molar-refractivity contribution in [2.45, 2.75) is 37.8 Å². The van der Waals surface area contributed by atoms with Crippen molar-refractivity contribution in [1.82, 2.24) is 20.2 Å². The molecule has 4 rings (SSSR count). The molecule has 7 nitrogen and oxygen atoms in total. The van der Waals surface area contributed by atoms with E-state index in [1.165, 1.54) is 28.0 Å². The fourth-order valence-electron chi connectivity index (χ4n) is 3.77. The summed E-state index contributed by atoms with van der Waals surface area (Å²) >= 11 is 4.74. The Morgan fingerprint density at radius 1 is 1.38 bits per heavy atom. The van der Waals surface area contributed by atoms with Crippen molar-refractivity contribution in [1.29, 1.82) is 0 Å². The van der Waals surface area contributed by atoms with Gasteiger partial charge in [-0.1, -0.05) is 6.07 Å². The summed E-state index contributed by atoms with van der Waals surface area (Å²) in [5, 5.41) is 5.63. The summed E-state index contributed by atoms with van der Waals surface area (Å²) < 4.78 is 5.49. The number of carbonyl (C=O) groups is 1. The number of amides is 1. The van der Waals surface area contributed by atoms with E-state index in [0.717, 1.165) is 41.6 Å².